The highest BCUT2D eigenvalue weighted by Gasteiger charge is 2.29. The van der Waals surface area contributed by atoms with E-state index in [4.69, 9.17) is 10.3 Å². The van der Waals surface area contributed by atoms with Gasteiger partial charge >= 0.3 is 0 Å². The molecule has 7 heteroatoms. The van der Waals surface area contributed by atoms with Crippen LogP contribution < -0.4 is 11.1 Å². The van der Waals surface area contributed by atoms with Crippen LogP contribution in [0.15, 0.2) is 10.6 Å². The van der Waals surface area contributed by atoms with E-state index >= 15 is 0 Å². The van der Waals surface area contributed by atoms with Crippen molar-refractivity contribution >= 4 is 29.4 Å². The van der Waals surface area contributed by atoms with Gasteiger partial charge in [0.2, 0.25) is 0 Å². The third-order valence-corrected chi connectivity index (χ3v) is 4.25. The molecule has 1 aliphatic rings. The maximum atomic E-state index is 12.8. The molecule has 3 N–H and O–H groups in total. The molecule has 2 aromatic rings. The molecule has 1 atom stereocenters. The minimum Gasteiger partial charge on any atom is -0.348 e. The lowest BCUT2D eigenvalue weighted by Crippen LogP contribution is -2.41. The normalized spacial score (nSPS) is 15.4. The Hall–Kier alpha value is -1.66. The Balaban J connectivity index is 0.00000208. The summed E-state index contributed by atoms with van der Waals surface area (Å²) in [7, 11) is 0. The van der Waals surface area contributed by atoms with Crippen molar-refractivity contribution in [2.24, 2.45) is 11.7 Å². The van der Waals surface area contributed by atoms with Crippen molar-refractivity contribution in [3.63, 3.8) is 0 Å². The summed E-state index contributed by atoms with van der Waals surface area (Å²) in [6, 6.07) is 1.86. The van der Waals surface area contributed by atoms with Crippen molar-refractivity contribution in [1.82, 2.24) is 15.5 Å². The predicted octanol–water partition coefficient (Wildman–Crippen LogP) is 2.93. The van der Waals surface area contributed by atoms with Crippen LogP contribution in [0, 0.1) is 12.8 Å². The number of carbonyl (C=O) groups excluding carboxylic acids is 1. The Labute approximate surface area is 148 Å². The summed E-state index contributed by atoms with van der Waals surface area (Å²) < 4.78 is 5.29. The van der Waals surface area contributed by atoms with Crippen LogP contribution >= 0.6 is 12.4 Å². The third-order valence-electron chi connectivity index (χ3n) is 4.25. The lowest BCUT2D eigenvalue weighted by molar-refractivity contribution is 0.0935. The van der Waals surface area contributed by atoms with Gasteiger partial charge in [0.15, 0.2) is 0 Å². The molecule has 1 amide bonds. The fourth-order valence-corrected chi connectivity index (χ4v) is 2.93. The van der Waals surface area contributed by atoms with E-state index in [1.807, 2.05) is 13.0 Å². The molecule has 1 unspecified atom stereocenters. The number of fused-ring (bicyclic) bond motifs is 1. The zero-order valence-corrected chi connectivity index (χ0v) is 15.2. The Morgan fingerprint density at radius 2 is 2.17 bits per heavy atom. The first kappa shape index (κ1) is 18.7. The summed E-state index contributed by atoms with van der Waals surface area (Å²) in [5.74, 6) is 0.791. The lowest BCUT2D eigenvalue weighted by Gasteiger charge is -2.19. The molecule has 6 nitrogen and oxygen atoms in total. The largest absolute Gasteiger partial charge is 0.348 e. The van der Waals surface area contributed by atoms with E-state index < -0.39 is 0 Å². The highest BCUT2D eigenvalue weighted by atomic mass is 35.5. The summed E-state index contributed by atoms with van der Waals surface area (Å²) >= 11 is 0. The number of aryl methyl sites for hydroxylation is 1. The van der Waals surface area contributed by atoms with E-state index in [2.05, 4.69) is 29.3 Å². The number of hydrogen-bond acceptors (Lipinski definition) is 5. The Bertz CT molecular complexity index is 725. The number of nitrogens with one attached hydrogen (secondary N) is 1. The molecule has 0 spiro atoms. The number of nitrogens with zero attached hydrogens (tertiary/aromatic N) is 2. The van der Waals surface area contributed by atoms with E-state index in [1.165, 1.54) is 0 Å². The SMILES string of the molecule is Cc1noc2nc(C3CC3)cc(C(=O)NC(CN)CC(C)C)c12.Cl. The van der Waals surface area contributed by atoms with Crippen molar-refractivity contribution in [2.75, 3.05) is 6.54 Å². The minimum atomic E-state index is -0.123. The van der Waals surface area contributed by atoms with E-state index in [0.717, 1.165) is 25.0 Å². The van der Waals surface area contributed by atoms with Crippen LogP contribution in [0.4, 0.5) is 0 Å². The fourth-order valence-electron chi connectivity index (χ4n) is 2.93. The first-order valence-corrected chi connectivity index (χ1v) is 8.27. The highest BCUT2D eigenvalue weighted by molar-refractivity contribution is 6.06. The van der Waals surface area contributed by atoms with Gasteiger partial charge in [0.05, 0.1) is 16.6 Å². The van der Waals surface area contributed by atoms with Gasteiger partial charge in [-0.1, -0.05) is 19.0 Å². The van der Waals surface area contributed by atoms with Crippen LogP contribution in [0.5, 0.6) is 0 Å². The number of halogens is 1. The van der Waals surface area contributed by atoms with Crippen molar-refractivity contribution in [2.45, 2.75) is 52.0 Å². The molecule has 1 aliphatic carbocycles. The van der Waals surface area contributed by atoms with Crippen molar-refractivity contribution in [3.05, 3.63) is 23.0 Å². The second-order valence-electron chi connectivity index (χ2n) is 6.85. The molecule has 1 fully saturated rings. The number of carbonyl (C=O) groups is 1. The quantitative estimate of drug-likeness (QED) is 0.833. The van der Waals surface area contributed by atoms with Crippen LogP contribution in [0.1, 0.15) is 60.8 Å². The standard InChI is InChI=1S/C17H24N4O2.ClH/c1-9(2)6-12(8-18)19-16(22)13-7-14(11-4-5-11)20-17-15(13)10(3)21-23-17;/h7,9,11-12H,4-6,8,18H2,1-3H3,(H,19,22);1H. The van der Waals surface area contributed by atoms with Gasteiger partial charge in [-0.3, -0.25) is 4.79 Å². The van der Waals surface area contributed by atoms with Crippen LogP contribution in [0.2, 0.25) is 0 Å². The Morgan fingerprint density at radius 1 is 1.46 bits per heavy atom. The topological polar surface area (TPSA) is 94.0 Å². The Morgan fingerprint density at radius 3 is 2.75 bits per heavy atom. The molecule has 132 valence electrons. The van der Waals surface area contributed by atoms with Gasteiger partial charge in [-0.25, -0.2) is 4.98 Å². The molecule has 0 aromatic carbocycles. The first-order valence-electron chi connectivity index (χ1n) is 8.27. The number of rotatable bonds is 6. The van der Waals surface area contributed by atoms with Gasteiger partial charge in [-0.05, 0) is 38.2 Å². The average molecular weight is 353 g/mol. The maximum Gasteiger partial charge on any atom is 0.259 e. The summed E-state index contributed by atoms with van der Waals surface area (Å²) in [5.41, 5.74) is 8.46. The van der Waals surface area contributed by atoms with E-state index in [9.17, 15) is 4.79 Å². The van der Waals surface area contributed by atoms with Gasteiger partial charge in [-0.2, -0.15) is 0 Å². The van der Waals surface area contributed by atoms with Crippen LogP contribution in [0.25, 0.3) is 11.1 Å². The molecule has 0 bridgehead atoms. The van der Waals surface area contributed by atoms with E-state index in [-0.39, 0.29) is 24.4 Å². The minimum absolute atomic E-state index is 0. The Kier molecular flexibility index (Phi) is 5.83. The van der Waals surface area contributed by atoms with Crippen molar-refractivity contribution in [1.29, 1.82) is 0 Å². The van der Waals surface area contributed by atoms with Crippen LogP contribution in [-0.4, -0.2) is 28.6 Å². The number of aromatic nitrogens is 2. The predicted molar refractivity (Wildman–Crippen MR) is 95.5 cm³/mol. The molecule has 0 saturated heterocycles. The summed E-state index contributed by atoms with van der Waals surface area (Å²) in [4.78, 5) is 17.3. The zero-order chi connectivity index (χ0) is 16.6. The fraction of sp³-hybridized carbons (Fsp3) is 0.588. The lowest BCUT2D eigenvalue weighted by atomic mass is 10.0. The van der Waals surface area contributed by atoms with E-state index in [1.54, 1.807) is 0 Å². The highest BCUT2D eigenvalue weighted by Crippen LogP contribution is 2.40. The molecular weight excluding hydrogens is 328 g/mol. The molecular formula is C17H25ClN4O2. The molecule has 3 rings (SSSR count). The summed E-state index contributed by atoms with van der Waals surface area (Å²) in [5, 5.41) is 7.72. The number of amides is 1. The molecule has 0 aliphatic heterocycles. The molecule has 2 heterocycles. The second-order valence-corrected chi connectivity index (χ2v) is 6.85. The first-order chi connectivity index (χ1) is 11.0. The number of hydrogen-bond donors (Lipinski definition) is 2. The summed E-state index contributed by atoms with van der Waals surface area (Å²) in [6.07, 6.45) is 3.09. The van der Waals surface area contributed by atoms with Crippen LogP contribution in [0.3, 0.4) is 0 Å². The van der Waals surface area contributed by atoms with E-state index in [0.29, 0.717) is 40.7 Å². The zero-order valence-electron chi connectivity index (χ0n) is 14.3. The van der Waals surface area contributed by atoms with Gasteiger partial charge < -0.3 is 15.6 Å². The van der Waals surface area contributed by atoms with Crippen molar-refractivity contribution in [3.8, 4) is 0 Å². The van der Waals surface area contributed by atoms with Gasteiger partial charge in [0.25, 0.3) is 11.6 Å². The molecule has 2 aromatic heterocycles. The molecule has 0 radical (unpaired) electrons. The number of nitrogens with two attached hydrogens (primary N) is 1. The van der Waals surface area contributed by atoms with Gasteiger partial charge in [0, 0.05) is 24.2 Å². The third kappa shape index (κ3) is 3.87. The molecule has 24 heavy (non-hydrogen) atoms. The average Bonchev–Trinajstić information content (AvgIpc) is 3.29. The van der Waals surface area contributed by atoms with Crippen LogP contribution in [-0.2, 0) is 0 Å². The second kappa shape index (κ2) is 7.49. The van der Waals surface area contributed by atoms with Crippen molar-refractivity contribution < 1.29 is 9.32 Å². The smallest absolute Gasteiger partial charge is 0.259 e. The summed E-state index contributed by atoms with van der Waals surface area (Å²) in [6.45, 7) is 6.50. The monoisotopic (exact) mass is 352 g/mol. The van der Waals surface area contributed by atoms with Gasteiger partial charge in [0.1, 0.15) is 0 Å². The number of pyridine rings is 1. The maximum absolute atomic E-state index is 12.8. The molecule has 1 saturated carbocycles. The van der Waals surface area contributed by atoms with Gasteiger partial charge in [-0.15, -0.1) is 12.4 Å².